The van der Waals surface area contributed by atoms with Crippen LogP contribution < -0.4 is 16.0 Å². The van der Waals surface area contributed by atoms with Crippen LogP contribution in [0, 0.1) is 0 Å². The summed E-state index contributed by atoms with van der Waals surface area (Å²) in [6, 6.07) is 0. The van der Waals surface area contributed by atoms with E-state index in [1.165, 1.54) is 25.7 Å². The van der Waals surface area contributed by atoms with Crippen LogP contribution in [0.15, 0.2) is 0 Å². The molecular formula is C14H26N6S. The van der Waals surface area contributed by atoms with E-state index in [4.69, 9.17) is 5.73 Å². The molecule has 118 valence electrons. The molecule has 0 aromatic carbocycles. The van der Waals surface area contributed by atoms with Gasteiger partial charge >= 0.3 is 0 Å². The molecule has 1 saturated carbocycles. The molecular weight excluding hydrogens is 284 g/mol. The molecule has 0 atom stereocenters. The van der Waals surface area contributed by atoms with Crippen molar-refractivity contribution < 1.29 is 0 Å². The van der Waals surface area contributed by atoms with Crippen LogP contribution in [0.2, 0.25) is 0 Å². The molecule has 0 spiro atoms. The molecule has 0 bridgehead atoms. The second-order valence-electron chi connectivity index (χ2n) is 5.44. The van der Waals surface area contributed by atoms with Crippen molar-refractivity contribution in [2.75, 3.05) is 41.8 Å². The van der Waals surface area contributed by atoms with E-state index in [-0.39, 0.29) is 5.95 Å². The van der Waals surface area contributed by atoms with Crippen molar-refractivity contribution in [3.63, 3.8) is 0 Å². The van der Waals surface area contributed by atoms with Crippen LogP contribution in [-0.2, 0) is 0 Å². The summed E-state index contributed by atoms with van der Waals surface area (Å²) in [5, 5.41) is 3.37. The van der Waals surface area contributed by atoms with Crippen molar-refractivity contribution in [2.45, 2.75) is 44.3 Å². The van der Waals surface area contributed by atoms with Crippen LogP contribution in [0.25, 0.3) is 0 Å². The molecule has 0 saturated heterocycles. The Morgan fingerprint density at radius 2 is 1.86 bits per heavy atom. The Morgan fingerprint density at radius 3 is 2.43 bits per heavy atom. The lowest BCUT2D eigenvalue weighted by Crippen LogP contribution is -2.31. The third kappa shape index (κ3) is 3.90. The number of rotatable bonds is 7. The van der Waals surface area contributed by atoms with E-state index in [0.29, 0.717) is 16.6 Å². The van der Waals surface area contributed by atoms with Gasteiger partial charge in [-0.25, -0.2) is 0 Å². The zero-order valence-electron chi connectivity index (χ0n) is 13.2. The Morgan fingerprint density at radius 1 is 1.19 bits per heavy atom. The first kappa shape index (κ1) is 16.1. The van der Waals surface area contributed by atoms with Gasteiger partial charge in [-0.15, -0.1) is 0 Å². The van der Waals surface area contributed by atoms with Gasteiger partial charge in [-0.05, 0) is 32.9 Å². The predicted octanol–water partition coefficient (Wildman–Crippen LogP) is 2.39. The molecule has 0 unspecified atom stereocenters. The SMILES string of the molecule is CCN(CC)c1nc(N)nc(NCC2(SC)CCCC2)n1. The van der Waals surface area contributed by atoms with Gasteiger partial charge < -0.3 is 16.0 Å². The highest BCUT2D eigenvalue weighted by Crippen LogP contribution is 2.40. The molecule has 1 heterocycles. The number of hydrogen-bond acceptors (Lipinski definition) is 7. The van der Waals surface area contributed by atoms with Gasteiger partial charge in [0.15, 0.2) is 0 Å². The molecule has 0 radical (unpaired) electrons. The van der Waals surface area contributed by atoms with Crippen molar-refractivity contribution in [3.05, 3.63) is 0 Å². The highest BCUT2D eigenvalue weighted by molar-refractivity contribution is 8.00. The second kappa shape index (κ2) is 7.15. The van der Waals surface area contributed by atoms with Gasteiger partial charge in [-0.1, -0.05) is 12.8 Å². The number of nitrogens with two attached hydrogens (primary N) is 1. The number of hydrogen-bond donors (Lipinski definition) is 2. The van der Waals surface area contributed by atoms with Gasteiger partial charge in [0.25, 0.3) is 0 Å². The van der Waals surface area contributed by atoms with Gasteiger partial charge in [0.2, 0.25) is 17.8 Å². The van der Waals surface area contributed by atoms with Crippen LogP contribution in [0.4, 0.5) is 17.8 Å². The van der Waals surface area contributed by atoms with Crippen LogP contribution in [-0.4, -0.2) is 45.6 Å². The first-order valence-corrected chi connectivity index (χ1v) is 8.90. The summed E-state index contributed by atoms with van der Waals surface area (Å²) in [6.07, 6.45) is 7.32. The Labute approximate surface area is 131 Å². The maximum atomic E-state index is 5.82. The molecule has 2 rings (SSSR count). The third-order valence-electron chi connectivity index (χ3n) is 4.20. The summed E-state index contributed by atoms with van der Waals surface area (Å²) in [7, 11) is 0. The second-order valence-corrected chi connectivity index (χ2v) is 6.71. The average molecular weight is 310 g/mol. The summed E-state index contributed by atoms with van der Waals surface area (Å²) >= 11 is 1.95. The summed E-state index contributed by atoms with van der Waals surface area (Å²) in [4.78, 5) is 15.0. The van der Waals surface area contributed by atoms with Gasteiger partial charge in [0.05, 0.1) is 0 Å². The highest BCUT2D eigenvalue weighted by Gasteiger charge is 2.32. The Bertz CT molecular complexity index is 457. The Kier molecular flexibility index (Phi) is 5.50. The number of anilines is 3. The monoisotopic (exact) mass is 310 g/mol. The molecule has 0 amide bonds. The minimum Gasteiger partial charge on any atom is -0.368 e. The number of aromatic nitrogens is 3. The maximum Gasteiger partial charge on any atom is 0.231 e. The molecule has 7 heteroatoms. The van der Waals surface area contributed by atoms with Crippen LogP contribution in [0.1, 0.15) is 39.5 Å². The lowest BCUT2D eigenvalue weighted by atomic mass is 10.1. The minimum absolute atomic E-state index is 0.277. The zero-order chi connectivity index (χ0) is 15.3. The first-order chi connectivity index (χ1) is 10.1. The van der Waals surface area contributed by atoms with Crippen molar-refractivity contribution in [3.8, 4) is 0 Å². The molecule has 1 fully saturated rings. The van der Waals surface area contributed by atoms with Crippen molar-refractivity contribution in [2.24, 2.45) is 0 Å². The zero-order valence-corrected chi connectivity index (χ0v) is 14.0. The predicted molar refractivity (Wildman–Crippen MR) is 91.0 cm³/mol. The van der Waals surface area contributed by atoms with Crippen molar-refractivity contribution >= 4 is 29.6 Å². The van der Waals surface area contributed by atoms with E-state index in [9.17, 15) is 0 Å². The Hall–Kier alpha value is -1.24. The van der Waals surface area contributed by atoms with Crippen LogP contribution in [0.3, 0.4) is 0 Å². The third-order valence-corrected chi connectivity index (χ3v) is 5.62. The van der Waals surface area contributed by atoms with Crippen molar-refractivity contribution in [1.29, 1.82) is 0 Å². The van der Waals surface area contributed by atoms with Gasteiger partial charge in [0.1, 0.15) is 0 Å². The number of nitrogen functional groups attached to an aromatic ring is 1. The summed E-state index contributed by atoms with van der Waals surface area (Å²) < 4.78 is 0.316. The number of nitrogens with one attached hydrogen (secondary N) is 1. The fourth-order valence-electron chi connectivity index (χ4n) is 2.82. The summed E-state index contributed by atoms with van der Waals surface area (Å²) in [5.74, 6) is 1.52. The molecule has 21 heavy (non-hydrogen) atoms. The molecule has 1 aromatic rings. The smallest absolute Gasteiger partial charge is 0.231 e. The van der Waals surface area contributed by atoms with E-state index in [1.807, 2.05) is 11.8 Å². The Balaban J connectivity index is 2.09. The normalized spacial score (nSPS) is 16.9. The number of thioether (sulfide) groups is 1. The van der Waals surface area contributed by atoms with E-state index in [0.717, 1.165) is 19.6 Å². The van der Waals surface area contributed by atoms with Crippen molar-refractivity contribution in [1.82, 2.24) is 15.0 Å². The lowest BCUT2D eigenvalue weighted by Gasteiger charge is -2.27. The topological polar surface area (TPSA) is 80.0 Å². The molecule has 6 nitrogen and oxygen atoms in total. The highest BCUT2D eigenvalue weighted by atomic mass is 32.2. The van der Waals surface area contributed by atoms with E-state index in [1.54, 1.807) is 0 Å². The summed E-state index contributed by atoms with van der Waals surface area (Å²) in [6.45, 7) is 6.76. The average Bonchev–Trinajstić information content (AvgIpc) is 2.95. The largest absolute Gasteiger partial charge is 0.368 e. The van der Waals surface area contributed by atoms with Gasteiger partial charge in [-0.3, -0.25) is 0 Å². The summed E-state index contributed by atoms with van der Waals surface area (Å²) in [5.41, 5.74) is 5.82. The lowest BCUT2D eigenvalue weighted by molar-refractivity contribution is 0.636. The first-order valence-electron chi connectivity index (χ1n) is 7.68. The molecule has 0 aliphatic heterocycles. The van der Waals surface area contributed by atoms with Crippen LogP contribution in [0.5, 0.6) is 0 Å². The minimum atomic E-state index is 0.277. The fraction of sp³-hybridized carbons (Fsp3) is 0.786. The van der Waals surface area contributed by atoms with E-state index in [2.05, 4.69) is 45.3 Å². The maximum absolute atomic E-state index is 5.82. The molecule has 1 aromatic heterocycles. The molecule has 1 aliphatic carbocycles. The van der Waals surface area contributed by atoms with E-state index < -0.39 is 0 Å². The van der Waals surface area contributed by atoms with Crippen LogP contribution >= 0.6 is 11.8 Å². The molecule has 3 N–H and O–H groups in total. The fourth-order valence-corrected chi connectivity index (χ4v) is 3.73. The van der Waals surface area contributed by atoms with Gasteiger partial charge in [-0.2, -0.15) is 26.7 Å². The van der Waals surface area contributed by atoms with E-state index >= 15 is 0 Å². The quantitative estimate of drug-likeness (QED) is 0.800. The number of nitrogens with zero attached hydrogens (tertiary/aromatic N) is 4. The van der Waals surface area contributed by atoms with Gasteiger partial charge in [0, 0.05) is 24.4 Å². The standard InChI is InChI=1S/C14H26N6S/c1-4-20(5-2)13-18-11(15)17-12(19-13)16-10-14(21-3)8-6-7-9-14/h4-10H2,1-3H3,(H3,15,16,17,18,19). The molecule has 1 aliphatic rings.